The third-order valence-corrected chi connectivity index (χ3v) is 7.06. The number of aryl methyl sites for hydroxylation is 1. The average Bonchev–Trinajstić information content (AvgIpc) is 3.07. The Morgan fingerprint density at radius 1 is 1.31 bits per heavy atom. The summed E-state index contributed by atoms with van der Waals surface area (Å²) in [5, 5.41) is 3.17. The monoisotopic (exact) mass is 378 g/mol. The summed E-state index contributed by atoms with van der Waals surface area (Å²) in [6, 6.07) is 1.32. The number of piperidine rings is 2. The van der Waals surface area contributed by atoms with Gasteiger partial charge in [0.2, 0.25) is 5.91 Å². The lowest BCUT2D eigenvalue weighted by atomic mass is 9.93. The Balaban J connectivity index is 1.43. The van der Waals surface area contributed by atoms with Crippen molar-refractivity contribution >= 4 is 17.2 Å². The lowest BCUT2D eigenvalue weighted by molar-refractivity contribution is -0.127. The summed E-state index contributed by atoms with van der Waals surface area (Å²) in [6.07, 6.45) is 5.57. The van der Waals surface area contributed by atoms with Gasteiger partial charge in [0.1, 0.15) is 0 Å². The molecule has 1 aromatic rings. The van der Waals surface area contributed by atoms with Crippen molar-refractivity contribution in [2.75, 3.05) is 32.7 Å². The van der Waals surface area contributed by atoms with Crippen LogP contribution in [0.1, 0.15) is 50.1 Å². The van der Waals surface area contributed by atoms with Gasteiger partial charge in [-0.2, -0.15) is 0 Å². The molecule has 0 aromatic carbocycles. The maximum absolute atomic E-state index is 12.6. The third kappa shape index (κ3) is 5.05. The van der Waals surface area contributed by atoms with E-state index < -0.39 is 0 Å². The van der Waals surface area contributed by atoms with Gasteiger partial charge in [-0.15, -0.1) is 11.3 Å². The third-order valence-electron chi connectivity index (χ3n) is 6.07. The fraction of sp³-hybridized carbons (Fsp3) is 0.800. The minimum absolute atomic E-state index is 0.162. The first-order valence-electron chi connectivity index (χ1n) is 10.2. The van der Waals surface area contributed by atoms with E-state index >= 15 is 0 Å². The van der Waals surface area contributed by atoms with Crippen LogP contribution in [0.3, 0.4) is 0 Å². The van der Waals surface area contributed by atoms with E-state index in [1.165, 1.54) is 30.8 Å². The van der Waals surface area contributed by atoms with E-state index in [0.717, 1.165) is 44.6 Å². The van der Waals surface area contributed by atoms with Crippen LogP contribution in [-0.4, -0.2) is 65.5 Å². The van der Waals surface area contributed by atoms with E-state index in [1.54, 1.807) is 11.3 Å². The number of aromatic nitrogens is 1. The van der Waals surface area contributed by atoms with Gasteiger partial charge in [-0.3, -0.25) is 9.69 Å². The number of nitrogens with zero attached hydrogens (tertiary/aromatic N) is 3. The first kappa shape index (κ1) is 19.8. The van der Waals surface area contributed by atoms with Crippen LogP contribution in [-0.2, 0) is 11.2 Å². The largest absolute Gasteiger partial charge is 0.355 e. The van der Waals surface area contributed by atoms with Crippen molar-refractivity contribution in [2.45, 2.75) is 65.0 Å². The zero-order chi connectivity index (χ0) is 18.5. The zero-order valence-corrected chi connectivity index (χ0v) is 17.4. The zero-order valence-electron chi connectivity index (χ0n) is 16.5. The minimum atomic E-state index is 0.162. The van der Waals surface area contributed by atoms with E-state index in [4.69, 9.17) is 0 Å². The Kier molecular flexibility index (Phi) is 7.06. The summed E-state index contributed by atoms with van der Waals surface area (Å²) in [7, 11) is 0. The van der Waals surface area contributed by atoms with Crippen LogP contribution in [0.2, 0.25) is 0 Å². The summed E-state index contributed by atoms with van der Waals surface area (Å²) < 4.78 is 0. The van der Waals surface area contributed by atoms with E-state index in [-0.39, 0.29) is 11.8 Å². The molecule has 1 N–H and O–H groups in total. The Labute approximate surface area is 162 Å². The van der Waals surface area contributed by atoms with Gasteiger partial charge in [0, 0.05) is 36.5 Å². The van der Waals surface area contributed by atoms with Crippen molar-refractivity contribution in [1.29, 1.82) is 0 Å². The van der Waals surface area contributed by atoms with Crippen LogP contribution in [0.5, 0.6) is 0 Å². The summed E-state index contributed by atoms with van der Waals surface area (Å²) in [4.78, 5) is 23.4. The first-order chi connectivity index (χ1) is 12.5. The van der Waals surface area contributed by atoms with Gasteiger partial charge in [0.25, 0.3) is 0 Å². The molecule has 2 saturated heterocycles. The predicted molar refractivity (Wildman–Crippen MR) is 108 cm³/mol. The maximum Gasteiger partial charge on any atom is 0.224 e. The highest BCUT2D eigenvalue weighted by atomic mass is 32.1. The van der Waals surface area contributed by atoms with Gasteiger partial charge in [0.15, 0.2) is 0 Å². The molecule has 3 heterocycles. The van der Waals surface area contributed by atoms with Crippen molar-refractivity contribution in [3.63, 3.8) is 0 Å². The second-order valence-corrected chi connectivity index (χ2v) is 9.04. The highest BCUT2D eigenvalue weighted by Gasteiger charge is 2.31. The highest BCUT2D eigenvalue weighted by molar-refractivity contribution is 7.09. The molecule has 0 aliphatic carbocycles. The lowest BCUT2D eigenvalue weighted by Gasteiger charge is -2.43. The number of rotatable bonds is 6. The van der Waals surface area contributed by atoms with Crippen LogP contribution in [0.25, 0.3) is 0 Å². The van der Waals surface area contributed by atoms with E-state index in [1.807, 2.05) is 12.4 Å². The van der Waals surface area contributed by atoms with Crippen LogP contribution in [0.15, 0.2) is 5.51 Å². The predicted octanol–water partition coefficient (Wildman–Crippen LogP) is 2.70. The molecule has 26 heavy (non-hydrogen) atoms. The molecule has 2 aliphatic rings. The van der Waals surface area contributed by atoms with Crippen LogP contribution in [0, 0.1) is 12.8 Å². The quantitative estimate of drug-likeness (QED) is 0.827. The number of nitrogens with one attached hydrogen (secondary N) is 1. The van der Waals surface area contributed by atoms with Crippen LogP contribution in [0.4, 0.5) is 0 Å². The summed E-state index contributed by atoms with van der Waals surface area (Å²) in [6.45, 7) is 11.8. The molecule has 2 aliphatic heterocycles. The number of hydrogen-bond acceptors (Lipinski definition) is 5. The number of amides is 1. The van der Waals surface area contributed by atoms with Gasteiger partial charge in [-0.25, -0.2) is 4.98 Å². The standard InChI is InChI=1S/C20H34N4OS/c1-15(2)23-11-7-18(8-12-23)24-10-4-5-17(13-24)20(25)21-9-6-19-16(3)22-14-26-19/h14-15,17-18H,4-13H2,1-3H3,(H,21,25)/t17-/m0/s1. The van der Waals surface area contributed by atoms with Crippen molar-refractivity contribution in [3.8, 4) is 0 Å². The molecule has 0 bridgehead atoms. The average molecular weight is 379 g/mol. The molecular weight excluding hydrogens is 344 g/mol. The second kappa shape index (κ2) is 9.29. The lowest BCUT2D eigenvalue weighted by Crippen LogP contribution is -2.51. The molecule has 3 rings (SSSR count). The number of thiazole rings is 1. The fourth-order valence-electron chi connectivity index (χ4n) is 4.33. The van der Waals surface area contributed by atoms with E-state index in [2.05, 4.69) is 33.9 Å². The van der Waals surface area contributed by atoms with Crippen molar-refractivity contribution in [1.82, 2.24) is 20.1 Å². The van der Waals surface area contributed by atoms with Gasteiger partial charge < -0.3 is 10.2 Å². The topological polar surface area (TPSA) is 48.5 Å². The SMILES string of the molecule is Cc1ncsc1CCNC(=O)[C@H]1CCCN(C2CCN(C(C)C)CC2)C1. The summed E-state index contributed by atoms with van der Waals surface area (Å²) >= 11 is 1.68. The van der Waals surface area contributed by atoms with Gasteiger partial charge in [-0.05, 0) is 66.1 Å². The van der Waals surface area contributed by atoms with Crippen molar-refractivity contribution in [2.24, 2.45) is 5.92 Å². The fourth-order valence-corrected chi connectivity index (χ4v) is 5.11. The Hall–Kier alpha value is -0.980. The minimum Gasteiger partial charge on any atom is -0.355 e. The smallest absolute Gasteiger partial charge is 0.224 e. The molecule has 1 amide bonds. The van der Waals surface area contributed by atoms with Crippen molar-refractivity contribution in [3.05, 3.63) is 16.1 Å². The number of carbonyl (C=O) groups is 1. The molecule has 0 spiro atoms. The van der Waals surface area contributed by atoms with Crippen LogP contribution >= 0.6 is 11.3 Å². The molecule has 1 atom stereocenters. The molecule has 1 aromatic heterocycles. The normalized spacial score (nSPS) is 23.5. The summed E-state index contributed by atoms with van der Waals surface area (Å²) in [5.41, 5.74) is 2.98. The highest BCUT2D eigenvalue weighted by Crippen LogP contribution is 2.24. The van der Waals surface area contributed by atoms with E-state index in [9.17, 15) is 4.79 Å². The Bertz CT molecular complexity index is 580. The number of likely N-dealkylation sites (tertiary alicyclic amines) is 2. The second-order valence-electron chi connectivity index (χ2n) is 8.10. The molecule has 146 valence electrons. The van der Waals surface area contributed by atoms with Crippen molar-refractivity contribution < 1.29 is 4.79 Å². The number of carbonyl (C=O) groups excluding carboxylic acids is 1. The first-order valence-corrected chi connectivity index (χ1v) is 11.1. The molecule has 0 saturated carbocycles. The molecule has 6 heteroatoms. The number of hydrogen-bond donors (Lipinski definition) is 1. The Morgan fingerprint density at radius 3 is 2.73 bits per heavy atom. The molecular formula is C20H34N4OS. The molecule has 0 radical (unpaired) electrons. The maximum atomic E-state index is 12.6. The van der Waals surface area contributed by atoms with Gasteiger partial charge >= 0.3 is 0 Å². The van der Waals surface area contributed by atoms with Gasteiger partial charge in [0.05, 0.1) is 17.1 Å². The van der Waals surface area contributed by atoms with Crippen LogP contribution < -0.4 is 5.32 Å². The molecule has 5 nitrogen and oxygen atoms in total. The van der Waals surface area contributed by atoms with Gasteiger partial charge in [-0.1, -0.05) is 0 Å². The van der Waals surface area contributed by atoms with E-state index in [0.29, 0.717) is 12.1 Å². The molecule has 2 fully saturated rings. The Morgan fingerprint density at radius 2 is 2.08 bits per heavy atom. The molecule has 0 unspecified atom stereocenters. The summed E-state index contributed by atoms with van der Waals surface area (Å²) in [5.74, 6) is 0.408.